The molecule has 1 aromatic rings. The van der Waals surface area contributed by atoms with Crippen molar-refractivity contribution < 1.29 is 24.5 Å². The monoisotopic (exact) mass is 723 g/mol. The highest BCUT2D eigenvalue weighted by Crippen LogP contribution is 2.77. The highest BCUT2D eigenvalue weighted by Gasteiger charge is 2.70. The van der Waals surface area contributed by atoms with Gasteiger partial charge in [-0.25, -0.2) is 0 Å². The molecule has 4 saturated carbocycles. The van der Waals surface area contributed by atoms with Crippen molar-refractivity contribution in [1.29, 1.82) is 0 Å². The van der Waals surface area contributed by atoms with Crippen LogP contribution >= 0.6 is 11.6 Å². The molecule has 0 radical (unpaired) electrons. The van der Waals surface area contributed by atoms with Crippen LogP contribution in [0.1, 0.15) is 139 Å². The van der Waals surface area contributed by atoms with Gasteiger partial charge >= 0.3 is 11.9 Å². The molecule has 4 fully saturated rings. The molecule has 0 bridgehead atoms. The molecule has 5 aliphatic rings. The molecule has 3 N–H and O–H groups in total. The molecule has 0 aromatic heterocycles. The van der Waals surface area contributed by atoms with E-state index in [1.54, 1.807) is 25.0 Å². The number of aliphatic carboxylic acids is 1. The zero-order valence-corrected chi connectivity index (χ0v) is 33.7. The number of rotatable bonds is 10. The van der Waals surface area contributed by atoms with Gasteiger partial charge in [0.2, 0.25) is 0 Å². The number of fused-ring (bicyclic) bond motifs is 7. The van der Waals surface area contributed by atoms with E-state index in [1.807, 2.05) is 12.1 Å². The summed E-state index contributed by atoms with van der Waals surface area (Å²) >= 11 is 6.12. The minimum atomic E-state index is -1.14. The highest BCUT2D eigenvalue weighted by atomic mass is 35.5. The molecule has 0 saturated heterocycles. The first kappa shape index (κ1) is 38.8. The number of halogens is 1. The zero-order valence-electron chi connectivity index (χ0n) is 33.0. The number of nitrogens with one attached hydrogen (secondary N) is 1. The van der Waals surface area contributed by atoms with Gasteiger partial charge in [0.15, 0.2) is 0 Å². The third-order valence-corrected chi connectivity index (χ3v) is 16.6. The predicted octanol–water partition coefficient (Wildman–Crippen LogP) is 10.0. The maximum atomic E-state index is 13.1. The minimum Gasteiger partial charge on any atom is -0.481 e. The Morgan fingerprint density at radius 2 is 1.61 bits per heavy atom. The summed E-state index contributed by atoms with van der Waals surface area (Å²) in [6.45, 7) is 21.7. The van der Waals surface area contributed by atoms with Crippen molar-refractivity contribution in [1.82, 2.24) is 5.32 Å². The average molecular weight is 724 g/mol. The summed E-state index contributed by atoms with van der Waals surface area (Å²) in [5.74, 6) is 0.611. The van der Waals surface area contributed by atoms with Crippen LogP contribution in [0.25, 0.3) is 0 Å². The van der Waals surface area contributed by atoms with Crippen molar-refractivity contribution in [2.24, 2.45) is 56.2 Å². The fourth-order valence-corrected chi connectivity index (χ4v) is 13.3. The number of carbonyl (C=O) groups excluding carboxylic acids is 1. The van der Waals surface area contributed by atoms with Crippen molar-refractivity contribution in [3.8, 4) is 0 Å². The molecule has 6 rings (SSSR count). The summed E-state index contributed by atoms with van der Waals surface area (Å²) in [7, 11) is 0. The van der Waals surface area contributed by atoms with Gasteiger partial charge in [0.05, 0.1) is 17.9 Å². The smallest absolute Gasteiger partial charge is 0.309 e. The first-order valence-electron chi connectivity index (χ1n) is 20.0. The average Bonchev–Trinajstić information content (AvgIpc) is 3.45. The lowest BCUT2D eigenvalue weighted by Crippen LogP contribution is -2.66. The molecule has 0 aliphatic heterocycles. The van der Waals surface area contributed by atoms with Crippen LogP contribution in [0.2, 0.25) is 5.02 Å². The Morgan fingerprint density at radius 3 is 2.25 bits per heavy atom. The zero-order chi connectivity index (χ0) is 37.4. The molecule has 0 heterocycles. The summed E-state index contributed by atoms with van der Waals surface area (Å²) in [6, 6.07) is 7.98. The molecule has 6 nitrogen and oxygen atoms in total. The number of ether oxygens (including phenoxy) is 1. The SMILES string of the molecule is CC(C)C1=C2[C@H]3CCC4[C@@]5(C)CC[C@H](OC(=O)CC(C)(C)C(=O)O)C(C)(C)[C@@H]5CC[C@@]4(C)[C@]3(C)CC[C@@]2([C@@H](O)CNCc2ccc(Cl)cc2)CC1. The fourth-order valence-electron chi connectivity index (χ4n) is 13.2. The lowest BCUT2D eigenvalue weighted by Gasteiger charge is -2.72. The van der Waals surface area contributed by atoms with Crippen LogP contribution in [0.3, 0.4) is 0 Å². The Hall–Kier alpha value is -1.89. The van der Waals surface area contributed by atoms with Gasteiger partial charge < -0.3 is 20.3 Å². The van der Waals surface area contributed by atoms with Gasteiger partial charge in [-0.05, 0) is 136 Å². The molecule has 0 spiro atoms. The standard InChI is InChI=1S/C44H66ClNO5/c1-27(2)30-16-21-44(34(47)26-46-25-28-10-12-29(45)13-11-28)23-22-42(8)31(37(30)44)14-15-33-41(7)19-18-35(51-36(48)24-39(3,4)38(49)50)40(5,6)32(41)17-20-43(33,42)9/h10-13,27,31-35,46-47H,14-26H2,1-9H3,(H,49,50)/t31-,32+,33?,34+,35+,41+,42-,43-,44-/m1/s1. The van der Waals surface area contributed by atoms with Gasteiger partial charge in [-0.1, -0.05) is 83.3 Å². The molecule has 0 amide bonds. The lowest BCUT2D eigenvalue weighted by atomic mass is 9.33. The van der Waals surface area contributed by atoms with Crippen molar-refractivity contribution in [2.45, 2.75) is 152 Å². The van der Waals surface area contributed by atoms with Crippen LogP contribution in [0.4, 0.5) is 0 Å². The van der Waals surface area contributed by atoms with Gasteiger partial charge in [-0.15, -0.1) is 0 Å². The maximum absolute atomic E-state index is 13.1. The maximum Gasteiger partial charge on any atom is 0.309 e. The number of benzene rings is 1. The van der Waals surface area contributed by atoms with Crippen LogP contribution in [-0.2, 0) is 20.9 Å². The number of aliphatic hydroxyl groups is 1. The predicted molar refractivity (Wildman–Crippen MR) is 204 cm³/mol. The van der Waals surface area contributed by atoms with E-state index in [9.17, 15) is 19.8 Å². The lowest BCUT2D eigenvalue weighted by molar-refractivity contribution is -0.235. The van der Waals surface area contributed by atoms with Crippen LogP contribution in [0.5, 0.6) is 0 Å². The fraction of sp³-hybridized carbons (Fsp3) is 0.773. The first-order valence-corrected chi connectivity index (χ1v) is 20.4. The van der Waals surface area contributed by atoms with Crippen molar-refractivity contribution in [3.05, 3.63) is 46.0 Å². The molecule has 9 atom stereocenters. The highest BCUT2D eigenvalue weighted by molar-refractivity contribution is 6.30. The van der Waals surface area contributed by atoms with Crippen molar-refractivity contribution >= 4 is 23.5 Å². The third kappa shape index (κ3) is 6.23. The van der Waals surface area contributed by atoms with Gasteiger partial charge in [0, 0.05) is 28.9 Å². The largest absolute Gasteiger partial charge is 0.481 e. The van der Waals surface area contributed by atoms with E-state index in [-0.39, 0.29) is 39.6 Å². The second-order valence-electron chi connectivity index (χ2n) is 19.8. The summed E-state index contributed by atoms with van der Waals surface area (Å²) in [5, 5.41) is 26.1. The molecule has 7 heteroatoms. The number of carboxylic acid groups (broad SMARTS) is 1. The van der Waals surface area contributed by atoms with Crippen LogP contribution in [0.15, 0.2) is 35.4 Å². The third-order valence-electron chi connectivity index (χ3n) is 16.3. The Kier molecular flexibility index (Phi) is 10.2. The Morgan fingerprint density at radius 1 is 0.922 bits per heavy atom. The number of hydrogen-bond acceptors (Lipinski definition) is 5. The molecule has 1 aromatic carbocycles. The second-order valence-corrected chi connectivity index (χ2v) is 20.3. The normalized spacial score (nSPS) is 38.0. The second kappa shape index (κ2) is 13.4. The number of hydrogen-bond donors (Lipinski definition) is 3. The number of esters is 1. The summed E-state index contributed by atoms with van der Waals surface area (Å²) in [4.78, 5) is 24.8. The summed E-state index contributed by atoms with van der Waals surface area (Å²) in [5.41, 5.74) is 3.42. The Labute approximate surface area is 312 Å². The van der Waals surface area contributed by atoms with E-state index < -0.39 is 23.5 Å². The van der Waals surface area contributed by atoms with E-state index in [4.69, 9.17) is 16.3 Å². The molecule has 51 heavy (non-hydrogen) atoms. The molecule has 5 aliphatic carbocycles. The van der Waals surface area contributed by atoms with Crippen molar-refractivity contribution in [3.63, 3.8) is 0 Å². The number of allylic oxidation sites excluding steroid dienone is 1. The van der Waals surface area contributed by atoms with Crippen molar-refractivity contribution in [2.75, 3.05) is 6.54 Å². The molecular weight excluding hydrogens is 658 g/mol. The molecule has 1 unspecified atom stereocenters. The van der Waals surface area contributed by atoms with Crippen LogP contribution in [-0.4, -0.2) is 40.9 Å². The van der Waals surface area contributed by atoms with Gasteiger partial charge in [-0.2, -0.15) is 0 Å². The molecular formula is C44H66ClNO5. The van der Waals surface area contributed by atoms with E-state index in [1.165, 1.54) is 24.8 Å². The Bertz CT molecular complexity index is 1530. The minimum absolute atomic E-state index is 0.111. The van der Waals surface area contributed by atoms with E-state index >= 15 is 0 Å². The summed E-state index contributed by atoms with van der Waals surface area (Å²) < 4.78 is 6.18. The van der Waals surface area contributed by atoms with E-state index in [2.05, 4.69) is 65.9 Å². The van der Waals surface area contributed by atoms with Gasteiger partial charge in [-0.3, -0.25) is 9.59 Å². The van der Waals surface area contributed by atoms with Crippen LogP contribution in [0, 0.1) is 56.2 Å². The first-order chi connectivity index (χ1) is 23.7. The number of carbonyl (C=O) groups is 2. The number of carboxylic acids is 1. The Balaban J connectivity index is 1.23. The topological polar surface area (TPSA) is 95.9 Å². The van der Waals surface area contributed by atoms with E-state index in [0.717, 1.165) is 56.5 Å². The van der Waals surface area contributed by atoms with E-state index in [0.29, 0.717) is 30.2 Å². The number of aliphatic hydroxyl groups excluding tert-OH is 1. The van der Waals surface area contributed by atoms with Gasteiger partial charge in [0.1, 0.15) is 6.10 Å². The van der Waals surface area contributed by atoms with Gasteiger partial charge in [0.25, 0.3) is 0 Å². The van der Waals surface area contributed by atoms with Crippen LogP contribution < -0.4 is 5.32 Å². The summed E-state index contributed by atoms with van der Waals surface area (Å²) in [6.07, 6.45) is 10.2. The molecule has 284 valence electrons. The quantitative estimate of drug-likeness (QED) is 0.164.